The van der Waals surface area contributed by atoms with Gasteiger partial charge in [-0.1, -0.05) is 0 Å². The fourth-order valence-corrected chi connectivity index (χ4v) is 1.45. The number of aromatic nitrogens is 3. The summed E-state index contributed by atoms with van der Waals surface area (Å²) in [4.78, 5) is 37.7. The van der Waals surface area contributed by atoms with Crippen LogP contribution >= 0.6 is 0 Å². The summed E-state index contributed by atoms with van der Waals surface area (Å²) in [5.74, 6) is -2.02. The van der Waals surface area contributed by atoms with Crippen LogP contribution in [0.2, 0.25) is 0 Å². The van der Waals surface area contributed by atoms with E-state index in [2.05, 4.69) is 10.1 Å². The Morgan fingerprint density at radius 2 is 2.28 bits per heavy atom. The van der Waals surface area contributed by atoms with Crippen LogP contribution in [0.4, 0.5) is 0 Å². The molecule has 0 spiro atoms. The zero-order valence-electron chi connectivity index (χ0n) is 9.34. The van der Waals surface area contributed by atoms with Crippen molar-refractivity contribution < 1.29 is 19.4 Å². The number of hydrogen-bond acceptors (Lipinski definition) is 5. The molecule has 0 bridgehead atoms. The van der Waals surface area contributed by atoms with Crippen molar-refractivity contribution >= 4 is 17.6 Å². The first-order chi connectivity index (χ1) is 8.54. The molecule has 0 radical (unpaired) electrons. The molecule has 2 aromatic rings. The predicted octanol–water partition coefficient (Wildman–Crippen LogP) is -0.103. The van der Waals surface area contributed by atoms with Crippen molar-refractivity contribution in [2.24, 2.45) is 0 Å². The van der Waals surface area contributed by atoms with Crippen molar-refractivity contribution in [3.63, 3.8) is 0 Å². The third-order valence-corrected chi connectivity index (χ3v) is 2.21. The van der Waals surface area contributed by atoms with E-state index in [1.807, 2.05) is 0 Å². The van der Waals surface area contributed by atoms with Crippen molar-refractivity contribution in [1.29, 1.82) is 0 Å². The molecule has 0 atom stereocenters. The zero-order valence-corrected chi connectivity index (χ0v) is 9.34. The monoisotopic (exact) mass is 251 g/mol. The lowest BCUT2D eigenvalue weighted by Gasteiger charge is -1.99. The van der Waals surface area contributed by atoms with Gasteiger partial charge in [0.05, 0.1) is 6.61 Å². The van der Waals surface area contributed by atoms with Gasteiger partial charge in [-0.3, -0.25) is 9.89 Å². The van der Waals surface area contributed by atoms with Crippen molar-refractivity contribution in [2.75, 3.05) is 6.61 Å². The molecule has 0 unspecified atom stereocenters. The molecule has 2 N–H and O–H groups in total. The van der Waals surface area contributed by atoms with E-state index in [1.165, 1.54) is 6.20 Å². The lowest BCUT2D eigenvalue weighted by atomic mass is 10.3. The molecule has 94 valence electrons. The van der Waals surface area contributed by atoms with Crippen molar-refractivity contribution in [1.82, 2.24) is 14.6 Å². The topological polar surface area (TPSA) is 114 Å². The molecule has 0 aliphatic heterocycles. The van der Waals surface area contributed by atoms with E-state index in [1.54, 1.807) is 6.92 Å². The third-order valence-electron chi connectivity index (χ3n) is 2.21. The van der Waals surface area contributed by atoms with Gasteiger partial charge in [0.1, 0.15) is 5.56 Å². The van der Waals surface area contributed by atoms with Crippen molar-refractivity contribution in [3.05, 3.63) is 33.9 Å². The number of H-pyrrole nitrogens is 1. The number of carboxylic acid groups (broad SMARTS) is 1. The van der Waals surface area contributed by atoms with Gasteiger partial charge in [0.15, 0.2) is 11.3 Å². The average Bonchev–Trinajstić information content (AvgIpc) is 2.73. The fraction of sp³-hybridized carbons (Fsp3) is 0.200. The van der Waals surface area contributed by atoms with Gasteiger partial charge in [0.2, 0.25) is 0 Å². The van der Waals surface area contributed by atoms with Gasteiger partial charge in [0.25, 0.3) is 5.56 Å². The van der Waals surface area contributed by atoms with Crippen LogP contribution in [-0.4, -0.2) is 38.3 Å². The van der Waals surface area contributed by atoms with Crippen LogP contribution in [0, 0.1) is 0 Å². The molecular formula is C10H9N3O5. The first-order valence-corrected chi connectivity index (χ1v) is 5.06. The number of esters is 1. The Morgan fingerprint density at radius 3 is 2.89 bits per heavy atom. The number of nitrogens with one attached hydrogen (secondary N) is 1. The number of carbonyl (C=O) groups is 2. The number of hydrogen-bond donors (Lipinski definition) is 2. The maximum Gasteiger partial charge on any atom is 0.354 e. The van der Waals surface area contributed by atoms with Gasteiger partial charge >= 0.3 is 11.9 Å². The van der Waals surface area contributed by atoms with Gasteiger partial charge in [-0.05, 0) is 6.92 Å². The summed E-state index contributed by atoms with van der Waals surface area (Å²) < 4.78 is 5.74. The number of carboxylic acids is 1. The average molecular weight is 251 g/mol. The van der Waals surface area contributed by atoms with Gasteiger partial charge in [-0.25, -0.2) is 19.1 Å². The summed E-state index contributed by atoms with van der Waals surface area (Å²) in [7, 11) is 0. The Bertz CT molecular complexity index is 684. The van der Waals surface area contributed by atoms with E-state index in [9.17, 15) is 14.4 Å². The van der Waals surface area contributed by atoms with Gasteiger partial charge < -0.3 is 9.84 Å². The van der Waals surface area contributed by atoms with Gasteiger partial charge in [-0.2, -0.15) is 0 Å². The number of ether oxygens (including phenoxy) is 1. The second kappa shape index (κ2) is 4.32. The smallest absolute Gasteiger partial charge is 0.354 e. The van der Waals surface area contributed by atoms with E-state index in [-0.39, 0.29) is 17.8 Å². The Balaban J connectivity index is 2.67. The van der Waals surface area contributed by atoms with E-state index in [4.69, 9.17) is 9.84 Å². The predicted molar refractivity (Wildman–Crippen MR) is 58.7 cm³/mol. The Kier molecular flexibility index (Phi) is 2.84. The molecule has 2 heterocycles. The molecule has 0 saturated heterocycles. The molecule has 0 aliphatic rings. The van der Waals surface area contributed by atoms with Crippen LogP contribution in [0.25, 0.3) is 5.65 Å². The Morgan fingerprint density at radius 1 is 1.56 bits per heavy atom. The van der Waals surface area contributed by atoms with Crippen LogP contribution in [0.3, 0.4) is 0 Å². The molecule has 18 heavy (non-hydrogen) atoms. The molecule has 8 heteroatoms. The highest BCUT2D eigenvalue weighted by Gasteiger charge is 2.18. The van der Waals surface area contributed by atoms with E-state index < -0.39 is 23.2 Å². The minimum atomic E-state index is -1.34. The van der Waals surface area contributed by atoms with E-state index in [0.717, 1.165) is 10.6 Å². The largest absolute Gasteiger partial charge is 0.477 e. The van der Waals surface area contributed by atoms with Crippen LogP contribution in [0.1, 0.15) is 27.8 Å². The zero-order chi connectivity index (χ0) is 13.3. The van der Waals surface area contributed by atoms with Crippen LogP contribution in [0.15, 0.2) is 17.1 Å². The number of fused-ring (bicyclic) bond motifs is 1. The number of aromatic carboxylic acids is 1. The first-order valence-electron chi connectivity index (χ1n) is 5.06. The number of nitrogens with zero attached hydrogens (tertiary/aromatic N) is 2. The Labute approximate surface area is 99.8 Å². The highest BCUT2D eigenvalue weighted by Crippen LogP contribution is 2.08. The molecule has 0 fully saturated rings. The van der Waals surface area contributed by atoms with Gasteiger partial charge in [0, 0.05) is 12.3 Å². The normalized spacial score (nSPS) is 10.5. The SMILES string of the molecule is CCOC(=O)c1c[nH]n2c(=O)cc(C(=O)O)nc12. The standard InChI is InChI=1S/C10H9N3O5/c1-2-18-10(17)5-4-11-13-7(14)3-6(9(15)16)12-8(5)13/h3-4,11H,2H2,1H3,(H,15,16). The van der Waals surface area contributed by atoms with E-state index in [0.29, 0.717) is 0 Å². The Hall–Kier alpha value is -2.64. The third kappa shape index (κ3) is 1.83. The molecule has 2 aromatic heterocycles. The molecule has 0 aromatic carbocycles. The van der Waals surface area contributed by atoms with Crippen molar-refractivity contribution in [2.45, 2.75) is 6.92 Å². The minimum absolute atomic E-state index is 0.0112. The number of aromatic amines is 1. The number of carbonyl (C=O) groups excluding carboxylic acids is 1. The lowest BCUT2D eigenvalue weighted by molar-refractivity contribution is 0.0527. The first kappa shape index (κ1) is 11.8. The minimum Gasteiger partial charge on any atom is -0.477 e. The highest BCUT2D eigenvalue weighted by atomic mass is 16.5. The molecular weight excluding hydrogens is 242 g/mol. The maximum absolute atomic E-state index is 11.6. The molecule has 0 amide bonds. The molecule has 8 nitrogen and oxygen atoms in total. The summed E-state index contributed by atoms with van der Waals surface area (Å²) in [6.07, 6.45) is 1.24. The molecule has 0 saturated carbocycles. The highest BCUT2D eigenvalue weighted by molar-refractivity contribution is 5.96. The molecule has 2 rings (SSSR count). The number of rotatable bonds is 3. The van der Waals surface area contributed by atoms with Crippen molar-refractivity contribution in [3.8, 4) is 0 Å². The summed E-state index contributed by atoms with van der Waals surface area (Å²) in [5, 5.41) is 11.3. The summed E-state index contributed by atoms with van der Waals surface area (Å²) in [6.45, 7) is 1.80. The summed E-state index contributed by atoms with van der Waals surface area (Å²) in [6, 6.07) is 0.862. The second-order valence-corrected chi connectivity index (χ2v) is 3.35. The molecule has 0 aliphatic carbocycles. The quantitative estimate of drug-likeness (QED) is 0.736. The van der Waals surface area contributed by atoms with Crippen LogP contribution in [0.5, 0.6) is 0 Å². The fourth-order valence-electron chi connectivity index (χ4n) is 1.45. The second-order valence-electron chi connectivity index (χ2n) is 3.35. The lowest BCUT2D eigenvalue weighted by Crippen LogP contribution is -2.18. The van der Waals surface area contributed by atoms with Crippen LogP contribution < -0.4 is 5.56 Å². The summed E-state index contributed by atoms with van der Waals surface area (Å²) in [5.41, 5.74) is -1.10. The van der Waals surface area contributed by atoms with E-state index >= 15 is 0 Å². The van der Waals surface area contributed by atoms with Gasteiger partial charge in [-0.15, -0.1) is 0 Å². The summed E-state index contributed by atoms with van der Waals surface area (Å²) >= 11 is 0. The maximum atomic E-state index is 11.6. The van der Waals surface area contributed by atoms with Crippen LogP contribution in [-0.2, 0) is 4.74 Å².